The predicted molar refractivity (Wildman–Crippen MR) is 59.9 cm³/mol. The molecule has 0 aliphatic heterocycles. The van der Waals surface area contributed by atoms with Crippen molar-refractivity contribution in [1.82, 2.24) is 3.34 Å². The summed E-state index contributed by atoms with van der Waals surface area (Å²) in [6, 6.07) is 4.51. The number of hydrogen-bond acceptors (Lipinski definition) is 3. The van der Waals surface area contributed by atoms with E-state index in [0.717, 1.165) is 24.3 Å². The molecular weight excluding hydrogens is 288 g/mol. The third kappa shape index (κ3) is 3.59. The van der Waals surface area contributed by atoms with Crippen LogP contribution in [0.1, 0.15) is 10.4 Å². The molecule has 0 atom stereocenters. The molecule has 1 N–H and O–H groups in total. The van der Waals surface area contributed by atoms with Crippen molar-refractivity contribution < 1.29 is 18.3 Å². The molecule has 1 aromatic carbocycles. The van der Waals surface area contributed by atoms with Crippen LogP contribution in [0.3, 0.4) is 0 Å². The molecule has 1 aromatic rings. The summed E-state index contributed by atoms with van der Waals surface area (Å²) >= 11 is 10.2. The maximum absolute atomic E-state index is 11.3. The Bertz CT molecular complexity index is 474. The van der Waals surface area contributed by atoms with E-state index in [1.807, 2.05) is 0 Å². The summed E-state index contributed by atoms with van der Waals surface area (Å²) in [5.41, 5.74) is -0.0235. The first kappa shape index (κ1) is 16.2. The number of carboxylic acid groups (broad SMARTS) is 1. The van der Waals surface area contributed by atoms with Crippen LogP contribution in [0.4, 0.5) is 0 Å². The molecule has 1 rings (SSSR count). The van der Waals surface area contributed by atoms with Crippen LogP contribution in [-0.2, 0) is 10.0 Å². The summed E-state index contributed by atoms with van der Waals surface area (Å²) in [7, 11) is -3.95. The smallest absolute Gasteiger partial charge is 0.335 e. The van der Waals surface area contributed by atoms with Crippen LogP contribution in [-0.4, -0.2) is 52.4 Å². The summed E-state index contributed by atoms with van der Waals surface area (Å²) < 4.78 is 22.7. The normalized spacial score (nSPS) is 10.9. The number of aromatic carboxylic acids is 1. The SMILES string of the molecule is O=C(O)c1ccc(S(=O)(=O)N(Cl)Cl)cc1.[Na]. The van der Waals surface area contributed by atoms with Crippen molar-refractivity contribution in [2.75, 3.05) is 0 Å². The fourth-order valence-corrected chi connectivity index (χ4v) is 1.97. The second kappa shape index (κ2) is 6.20. The van der Waals surface area contributed by atoms with Crippen molar-refractivity contribution in [3.05, 3.63) is 29.8 Å². The minimum atomic E-state index is -3.95. The molecule has 9 heteroatoms. The Morgan fingerprint density at radius 2 is 1.62 bits per heavy atom. The zero-order valence-electron chi connectivity index (χ0n) is 8.09. The van der Waals surface area contributed by atoms with E-state index in [9.17, 15) is 13.2 Å². The molecule has 0 unspecified atom stereocenters. The van der Waals surface area contributed by atoms with E-state index in [2.05, 4.69) is 0 Å². The number of benzene rings is 1. The first-order valence-electron chi connectivity index (χ1n) is 3.56. The van der Waals surface area contributed by atoms with Crippen LogP contribution in [0.15, 0.2) is 29.2 Å². The molecule has 0 bridgehead atoms. The largest absolute Gasteiger partial charge is 0.478 e. The summed E-state index contributed by atoms with van der Waals surface area (Å²) in [5, 5.41) is 8.58. The maximum atomic E-state index is 11.3. The second-order valence-corrected chi connectivity index (χ2v) is 5.54. The Hall–Kier alpha value is 0.180. The number of nitrogens with zero attached hydrogens (tertiary/aromatic N) is 1. The van der Waals surface area contributed by atoms with Crippen molar-refractivity contribution >= 4 is 69.1 Å². The van der Waals surface area contributed by atoms with Crippen LogP contribution in [0, 0.1) is 0 Å². The van der Waals surface area contributed by atoms with Gasteiger partial charge in [-0.15, -0.1) is 0 Å². The average molecular weight is 293 g/mol. The van der Waals surface area contributed by atoms with Gasteiger partial charge in [-0.1, -0.05) is 0 Å². The fourth-order valence-electron chi connectivity index (χ4n) is 0.849. The monoisotopic (exact) mass is 292 g/mol. The average Bonchev–Trinajstić information content (AvgIpc) is 2.17. The summed E-state index contributed by atoms with van der Waals surface area (Å²) in [4.78, 5) is 10.3. The van der Waals surface area contributed by atoms with E-state index < -0.39 is 16.0 Å². The minimum Gasteiger partial charge on any atom is -0.478 e. The van der Waals surface area contributed by atoms with Gasteiger partial charge in [-0.05, 0) is 27.6 Å². The molecule has 0 aliphatic carbocycles. The number of carboxylic acids is 1. The van der Waals surface area contributed by atoms with Gasteiger partial charge < -0.3 is 5.11 Å². The summed E-state index contributed by atoms with van der Waals surface area (Å²) in [5.74, 6) is -1.15. The zero-order valence-corrected chi connectivity index (χ0v) is 12.4. The number of carbonyl (C=O) groups is 1. The van der Waals surface area contributed by atoms with E-state index in [4.69, 9.17) is 28.7 Å². The minimum absolute atomic E-state index is 0. The molecule has 83 valence electrons. The quantitative estimate of drug-likeness (QED) is 0.673. The Balaban J connectivity index is 0.00000225. The molecule has 1 radical (unpaired) electrons. The van der Waals surface area contributed by atoms with Gasteiger partial charge in [0.1, 0.15) is 0 Å². The number of halogens is 2. The topological polar surface area (TPSA) is 74.7 Å². The van der Waals surface area contributed by atoms with E-state index in [1.165, 1.54) is 0 Å². The zero-order chi connectivity index (χ0) is 11.6. The molecule has 16 heavy (non-hydrogen) atoms. The molecule has 0 aromatic heterocycles. The van der Waals surface area contributed by atoms with Gasteiger partial charge in [0.25, 0.3) is 10.0 Å². The third-order valence-electron chi connectivity index (χ3n) is 1.58. The van der Waals surface area contributed by atoms with Gasteiger partial charge in [0.15, 0.2) is 0 Å². The Morgan fingerprint density at radius 3 is 1.94 bits per heavy atom. The van der Waals surface area contributed by atoms with Crippen LogP contribution in [0.25, 0.3) is 0 Å². The number of hydrogen-bond donors (Lipinski definition) is 1. The van der Waals surface area contributed by atoms with Crippen LogP contribution in [0.5, 0.6) is 0 Å². The van der Waals surface area contributed by atoms with Gasteiger partial charge in [-0.3, -0.25) is 0 Å². The van der Waals surface area contributed by atoms with Crippen molar-refractivity contribution in [2.45, 2.75) is 4.90 Å². The van der Waals surface area contributed by atoms with E-state index in [0.29, 0.717) is 0 Å². The Morgan fingerprint density at radius 1 is 1.19 bits per heavy atom. The number of rotatable bonds is 3. The summed E-state index contributed by atoms with van der Waals surface area (Å²) in [6.45, 7) is 0. The molecule has 0 fully saturated rings. The van der Waals surface area contributed by atoms with Crippen LogP contribution >= 0.6 is 23.6 Å². The van der Waals surface area contributed by atoms with Gasteiger partial charge in [0.2, 0.25) is 0 Å². The first-order valence-corrected chi connectivity index (χ1v) is 5.67. The maximum Gasteiger partial charge on any atom is 0.335 e. The molecule has 0 heterocycles. The van der Waals surface area contributed by atoms with Gasteiger partial charge in [0, 0.05) is 53.1 Å². The fraction of sp³-hybridized carbons (Fsp3) is 0. The molecule has 0 spiro atoms. The third-order valence-corrected chi connectivity index (χ3v) is 3.90. The van der Waals surface area contributed by atoms with E-state index >= 15 is 0 Å². The van der Waals surface area contributed by atoms with Crippen molar-refractivity contribution in [1.29, 1.82) is 0 Å². The van der Waals surface area contributed by atoms with Crippen molar-refractivity contribution in [2.24, 2.45) is 0 Å². The standard InChI is InChI=1S/C7H5Cl2NO4S.Na/c8-10(9)15(13,14)6-3-1-5(2-4-6)7(11)12;/h1-4H,(H,11,12);. The van der Waals surface area contributed by atoms with Gasteiger partial charge >= 0.3 is 5.97 Å². The van der Waals surface area contributed by atoms with Crippen molar-refractivity contribution in [3.8, 4) is 0 Å². The molecule has 0 aliphatic rings. The van der Waals surface area contributed by atoms with Gasteiger partial charge in [-0.2, -0.15) is 0 Å². The number of sulfonamides is 1. The first-order chi connectivity index (χ1) is 6.85. The molecule has 5 nitrogen and oxygen atoms in total. The van der Waals surface area contributed by atoms with E-state index in [1.54, 1.807) is 0 Å². The Labute approximate surface area is 125 Å². The molecule has 0 saturated carbocycles. The van der Waals surface area contributed by atoms with Gasteiger partial charge in [0.05, 0.1) is 10.5 Å². The van der Waals surface area contributed by atoms with Gasteiger partial charge in [-0.25, -0.2) is 13.2 Å². The predicted octanol–water partition coefficient (Wildman–Crippen LogP) is 1.30. The molecular formula is C7H5Cl2NNaO4S. The molecule has 0 amide bonds. The van der Waals surface area contributed by atoms with Crippen molar-refractivity contribution in [3.63, 3.8) is 0 Å². The second-order valence-electron chi connectivity index (χ2n) is 2.51. The summed E-state index contributed by atoms with van der Waals surface area (Å²) in [6.07, 6.45) is 0. The van der Waals surface area contributed by atoms with E-state index in [-0.39, 0.29) is 43.4 Å². The Kier molecular flexibility index (Phi) is 6.27. The van der Waals surface area contributed by atoms with Crippen LogP contribution < -0.4 is 0 Å². The van der Waals surface area contributed by atoms with Crippen LogP contribution in [0.2, 0.25) is 0 Å². The molecule has 0 saturated heterocycles.